The molecular weight excluding hydrogens is 335 g/mol. The second kappa shape index (κ2) is 6.51. The Morgan fingerprint density at radius 1 is 1.32 bits per heavy atom. The van der Waals surface area contributed by atoms with Crippen molar-refractivity contribution in [2.45, 2.75) is 0 Å². The zero-order chi connectivity index (χ0) is 18.0. The first kappa shape index (κ1) is 16.3. The van der Waals surface area contributed by atoms with Crippen LogP contribution in [0, 0.1) is 15.9 Å². The van der Waals surface area contributed by atoms with Gasteiger partial charge in [-0.15, -0.1) is 0 Å². The van der Waals surface area contributed by atoms with Crippen LogP contribution in [0.1, 0.15) is 0 Å². The number of nitrogens with one attached hydrogen (secondary N) is 1. The average Bonchev–Trinajstić information content (AvgIpc) is 2.59. The summed E-state index contributed by atoms with van der Waals surface area (Å²) in [5.74, 6) is -1.98. The molecule has 0 atom stereocenters. The molecule has 0 bridgehead atoms. The lowest BCUT2D eigenvalue weighted by Crippen LogP contribution is -2.44. The van der Waals surface area contributed by atoms with Crippen LogP contribution in [0.2, 0.25) is 0 Å². The summed E-state index contributed by atoms with van der Waals surface area (Å²) in [6.07, 6.45) is 0. The Kier molecular flexibility index (Phi) is 4.25. The van der Waals surface area contributed by atoms with E-state index in [-0.39, 0.29) is 18.2 Å². The molecule has 1 aromatic heterocycles. The number of aromatic nitrogens is 1. The van der Waals surface area contributed by atoms with Crippen LogP contribution >= 0.6 is 0 Å². The molecule has 128 valence electrons. The summed E-state index contributed by atoms with van der Waals surface area (Å²) in [6, 6.07) is 7.55. The number of nitro groups is 1. The van der Waals surface area contributed by atoms with Gasteiger partial charge in [0.2, 0.25) is 5.91 Å². The summed E-state index contributed by atoms with van der Waals surface area (Å²) < 4.78 is 18.0. The third-order valence-electron chi connectivity index (χ3n) is 3.35. The van der Waals surface area contributed by atoms with Gasteiger partial charge in [0, 0.05) is 11.8 Å². The smallest absolute Gasteiger partial charge is 0.366 e. The highest BCUT2D eigenvalue weighted by atomic mass is 19.1. The van der Waals surface area contributed by atoms with Crippen molar-refractivity contribution in [1.82, 2.24) is 4.98 Å². The van der Waals surface area contributed by atoms with E-state index in [4.69, 9.17) is 4.74 Å². The first-order chi connectivity index (χ1) is 11.9. The van der Waals surface area contributed by atoms with Gasteiger partial charge in [-0.1, -0.05) is 0 Å². The van der Waals surface area contributed by atoms with E-state index < -0.39 is 34.9 Å². The molecule has 2 aromatic rings. The van der Waals surface area contributed by atoms with Crippen LogP contribution in [0.15, 0.2) is 36.4 Å². The summed E-state index contributed by atoms with van der Waals surface area (Å²) in [6.45, 7) is -0.725. The number of fused-ring (bicyclic) bond motifs is 1. The van der Waals surface area contributed by atoms with Crippen molar-refractivity contribution in [2.24, 2.45) is 0 Å². The Hall–Kier alpha value is -3.56. The highest BCUT2D eigenvalue weighted by Gasteiger charge is 2.33. The Morgan fingerprint density at radius 3 is 2.72 bits per heavy atom. The van der Waals surface area contributed by atoms with E-state index in [0.717, 1.165) is 11.0 Å². The molecule has 25 heavy (non-hydrogen) atoms. The number of amides is 2. The molecule has 9 nitrogen and oxygen atoms in total. The van der Waals surface area contributed by atoms with E-state index >= 15 is 0 Å². The first-order valence-electron chi connectivity index (χ1n) is 7.08. The third kappa shape index (κ3) is 3.52. The monoisotopic (exact) mass is 346 g/mol. The van der Waals surface area contributed by atoms with E-state index in [0.29, 0.717) is 5.69 Å². The van der Waals surface area contributed by atoms with Crippen LogP contribution in [0.5, 0.6) is 5.75 Å². The maximum atomic E-state index is 12.9. The van der Waals surface area contributed by atoms with E-state index in [9.17, 15) is 24.1 Å². The topological polar surface area (TPSA) is 115 Å². The number of hydrogen-bond donors (Lipinski definition) is 1. The summed E-state index contributed by atoms with van der Waals surface area (Å²) >= 11 is 0. The molecule has 0 fully saturated rings. The zero-order valence-electron chi connectivity index (χ0n) is 12.6. The van der Waals surface area contributed by atoms with Gasteiger partial charge >= 0.3 is 5.82 Å². The van der Waals surface area contributed by atoms with Gasteiger partial charge in [-0.25, -0.2) is 4.39 Å². The van der Waals surface area contributed by atoms with Crippen molar-refractivity contribution in [1.29, 1.82) is 0 Å². The Morgan fingerprint density at radius 2 is 2.04 bits per heavy atom. The fourth-order valence-corrected chi connectivity index (χ4v) is 2.21. The molecule has 3 rings (SSSR count). The lowest BCUT2D eigenvalue weighted by Gasteiger charge is -2.24. The Labute approximate surface area is 140 Å². The number of halogens is 1. The average molecular weight is 346 g/mol. The van der Waals surface area contributed by atoms with Gasteiger partial charge in [-0.05, 0) is 40.2 Å². The quantitative estimate of drug-likeness (QED) is 0.662. The molecular formula is C15H11FN4O5. The minimum absolute atomic E-state index is 0.0975. The van der Waals surface area contributed by atoms with Crippen LogP contribution in [-0.2, 0) is 9.59 Å². The number of carbonyl (C=O) groups is 2. The number of anilines is 2. The van der Waals surface area contributed by atoms with Crippen LogP contribution in [-0.4, -0.2) is 34.9 Å². The highest BCUT2D eigenvalue weighted by Crippen LogP contribution is 2.31. The standard InChI is InChI=1S/C15H11FN4O5/c16-9-1-3-10(4-2-9)17-13(21)7-19-14(22)8-25-11-5-6-12(20(23)24)18-15(11)19/h1-6H,7-8H2,(H,17,21). The first-order valence-corrected chi connectivity index (χ1v) is 7.08. The molecule has 0 radical (unpaired) electrons. The van der Waals surface area contributed by atoms with Crippen molar-refractivity contribution in [3.05, 3.63) is 52.3 Å². The molecule has 0 unspecified atom stereocenters. The molecule has 1 N–H and O–H groups in total. The summed E-state index contributed by atoms with van der Waals surface area (Å²) in [7, 11) is 0. The van der Waals surface area contributed by atoms with Crippen molar-refractivity contribution in [3.63, 3.8) is 0 Å². The lowest BCUT2D eigenvalue weighted by atomic mass is 10.3. The van der Waals surface area contributed by atoms with Crippen molar-refractivity contribution >= 4 is 29.1 Å². The molecule has 2 heterocycles. The Balaban J connectivity index is 1.81. The zero-order valence-corrected chi connectivity index (χ0v) is 12.6. The molecule has 0 saturated heterocycles. The third-order valence-corrected chi connectivity index (χ3v) is 3.35. The number of rotatable bonds is 4. The van der Waals surface area contributed by atoms with Gasteiger partial charge in [-0.2, -0.15) is 0 Å². The van der Waals surface area contributed by atoms with Gasteiger partial charge in [0.1, 0.15) is 12.4 Å². The van der Waals surface area contributed by atoms with E-state index in [1.54, 1.807) is 0 Å². The molecule has 10 heteroatoms. The summed E-state index contributed by atoms with van der Waals surface area (Å²) in [5, 5.41) is 13.4. The fourth-order valence-electron chi connectivity index (χ4n) is 2.21. The summed E-state index contributed by atoms with van der Waals surface area (Å²) in [5.41, 5.74) is 0.347. The van der Waals surface area contributed by atoms with E-state index in [1.807, 2.05) is 0 Å². The second-order valence-electron chi connectivity index (χ2n) is 5.07. The number of nitrogens with zero attached hydrogens (tertiary/aromatic N) is 3. The number of hydrogen-bond acceptors (Lipinski definition) is 6. The molecule has 1 aliphatic heterocycles. The van der Waals surface area contributed by atoms with Crippen LogP contribution in [0.25, 0.3) is 0 Å². The van der Waals surface area contributed by atoms with Gasteiger partial charge in [0.05, 0.1) is 0 Å². The van der Waals surface area contributed by atoms with Gasteiger partial charge in [0.25, 0.3) is 11.7 Å². The van der Waals surface area contributed by atoms with Crippen LogP contribution in [0.4, 0.5) is 21.7 Å². The van der Waals surface area contributed by atoms with Crippen molar-refractivity contribution < 1.29 is 23.6 Å². The highest BCUT2D eigenvalue weighted by molar-refractivity contribution is 6.04. The molecule has 0 saturated carbocycles. The van der Waals surface area contributed by atoms with Crippen LogP contribution in [0.3, 0.4) is 0 Å². The molecule has 1 aliphatic rings. The minimum Gasteiger partial charge on any atom is -0.477 e. The maximum Gasteiger partial charge on any atom is 0.366 e. The van der Waals surface area contributed by atoms with Crippen molar-refractivity contribution in [2.75, 3.05) is 23.4 Å². The molecule has 0 aliphatic carbocycles. The SMILES string of the molecule is O=C(CN1C(=O)COc2ccc([N+](=O)[O-])nc21)Nc1ccc(F)cc1. The Bertz CT molecular complexity index is 856. The largest absolute Gasteiger partial charge is 0.477 e. The van der Waals surface area contributed by atoms with E-state index in [1.165, 1.54) is 30.3 Å². The predicted octanol–water partition coefficient (Wildman–Crippen LogP) is 1.49. The fraction of sp³-hybridized carbons (Fsp3) is 0.133. The lowest BCUT2D eigenvalue weighted by molar-refractivity contribution is -0.389. The number of benzene rings is 1. The van der Waals surface area contributed by atoms with Gasteiger partial charge < -0.3 is 20.2 Å². The summed E-state index contributed by atoms with van der Waals surface area (Å²) in [4.78, 5) is 39.1. The molecule has 1 aromatic carbocycles. The molecule has 2 amide bonds. The number of ether oxygens (including phenoxy) is 1. The minimum atomic E-state index is -0.712. The molecule has 0 spiro atoms. The number of pyridine rings is 1. The van der Waals surface area contributed by atoms with Gasteiger partial charge in [0.15, 0.2) is 12.4 Å². The van der Waals surface area contributed by atoms with Crippen molar-refractivity contribution in [3.8, 4) is 5.75 Å². The predicted molar refractivity (Wildman–Crippen MR) is 83.8 cm³/mol. The van der Waals surface area contributed by atoms with Crippen LogP contribution < -0.4 is 15.0 Å². The normalized spacial score (nSPS) is 13.0. The van der Waals surface area contributed by atoms with Gasteiger partial charge in [-0.3, -0.25) is 14.5 Å². The van der Waals surface area contributed by atoms with E-state index in [2.05, 4.69) is 10.3 Å². The number of carbonyl (C=O) groups excluding carboxylic acids is 2. The maximum absolute atomic E-state index is 12.9. The second-order valence-corrected chi connectivity index (χ2v) is 5.07.